The maximum absolute atomic E-state index is 7.57. The molecule has 94 valence electrons. The second-order valence-electron chi connectivity index (χ2n) is 3.90. The van der Waals surface area contributed by atoms with E-state index < -0.39 is 0 Å². The number of aromatic nitrogens is 2. The van der Waals surface area contributed by atoms with Crippen LogP contribution >= 0.6 is 23.4 Å². The lowest BCUT2D eigenvalue weighted by molar-refractivity contribution is 0.692. The van der Waals surface area contributed by atoms with Crippen LogP contribution < -0.4 is 5.73 Å². The fraction of sp³-hybridized carbons (Fsp3) is 0.167. The molecule has 0 spiro atoms. The molecule has 0 saturated heterocycles. The van der Waals surface area contributed by atoms with Gasteiger partial charge in [-0.15, -0.1) is 0 Å². The van der Waals surface area contributed by atoms with Gasteiger partial charge in [-0.25, -0.2) is 0 Å². The maximum atomic E-state index is 7.57. The van der Waals surface area contributed by atoms with Crippen LogP contribution in [0.2, 0.25) is 5.02 Å². The third kappa shape index (κ3) is 2.68. The van der Waals surface area contributed by atoms with E-state index in [1.807, 2.05) is 26.1 Å². The number of nitrogens with two attached hydrogens (primary N) is 1. The van der Waals surface area contributed by atoms with Crippen LogP contribution in [-0.4, -0.2) is 15.6 Å². The van der Waals surface area contributed by atoms with Crippen molar-refractivity contribution >= 4 is 29.2 Å². The van der Waals surface area contributed by atoms with Gasteiger partial charge in [-0.05, 0) is 31.2 Å². The molecule has 0 bridgehead atoms. The minimum atomic E-state index is 0.0352. The van der Waals surface area contributed by atoms with Crippen molar-refractivity contribution in [2.75, 3.05) is 0 Å². The van der Waals surface area contributed by atoms with Crippen LogP contribution in [0.3, 0.4) is 0 Å². The number of benzene rings is 1. The Labute approximate surface area is 115 Å². The SMILES string of the molecule is Cc1cc(Sc2cc(Cl)ccc2C(=N)N)n(C)n1. The number of amidine groups is 1. The lowest BCUT2D eigenvalue weighted by Gasteiger charge is -2.08. The standard InChI is InChI=1S/C12H13ClN4S/c1-7-5-11(17(2)16-7)18-10-6-8(13)3-4-9(10)12(14)15/h3-6H,1-2H3,(H3,14,15). The monoisotopic (exact) mass is 280 g/mol. The number of aryl methyl sites for hydroxylation is 2. The molecule has 0 amide bonds. The molecule has 2 aromatic rings. The van der Waals surface area contributed by atoms with E-state index in [1.54, 1.807) is 16.8 Å². The lowest BCUT2D eigenvalue weighted by atomic mass is 10.2. The van der Waals surface area contributed by atoms with Gasteiger partial charge in [-0.2, -0.15) is 5.10 Å². The molecule has 18 heavy (non-hydrogen) atoms. The number of nitrogens with zero attached hydrogens (tertiary/aromatic N) is 2. The Morgan fingerprint density at radius 3 is 2.72 bits per heavy atom. The third-order valence-corrected chi connectivity index (χ3v) is 3.79. The summed E-state index contributed by atoms with van der Waals surface area (Å²) in [5, 5.41) is 13.5. The number of halogens is 1. The van der Waals surface area contributed by atoms with E-state index in [-0.39, 0.29) is 5.84 Å². The first-order valence-corrected chi connectivity index (χ1v) is 6.49. The summed E-state index contributed by atoms with van der Waals surface area (Å²) >= 11 is 7.49. The van der Waals surface area contributed by atoms with E-state index in [4.69, 9.17) is 22.7 Å². The van der Waals surface area contributed by atoms with Crippen LogP contribution in [0, 0.1) is 12.3 Å². The predicted octanol–water partition coefficient (Wildman–Crippen LogP) is 2.82. The van der Waals surface area contributed by atoms with Crippen LogP contribution in [0.5, 0.6) is 0 Å². The van der Waals surface area contributed by atoms with Crippen LogP contribution in [-0.2, 0) is 7.05 Å². The van der Waals surface area contributed by atoms with E-state index in [2.05, 4.69) is 5.10 Å². The molecule has 0 unspecified atom stereocenters. The molecular formula is C12H13ClN4S. The fourth-order valence-electron chi connectivity index (χ4n) is 1.60. The molecule has 4 nitrogen and oxygen atoms in total. The number of nitrogens with one attached hydrogen (secondary N) is 1. The Morgan fingerprint density at radius 1 is 1.44 bits per heavy atom. The van der Waals surface area contributed by atoms with E-state index in [0.717, 1.165) is 15.6 Å². The molecule has 0 aliphatic heterocycles. The largest absolute Gasteiger partial charge is 0.384 e. The van der Waals surface area contributed by atoms with E-state index in [0.29, 0.717) is 10.6 Å². The summed E-state index contributed by atoms with van der Waals surface area (Å²) in [6.45, 7) is 1.94. The highest BCUT2D eigenvalue weighted by Gasteiger charge is 2.11. The van der Waals surface area contributed by atoms with Crippen LogP contribution in [0.25, 0.3) is 0 Å². The zero-order valence-electron chi connectivity index (χ0n) is 10.1. The van der Waals surface area contributed by atoms with Crippen LogP contribution in [0.4, 0.5) is 0 Å². The number of nitrogen functional groups attached to an aromatic ring is 1. The van der Waals surface area contributed by atoms with E-state index in [9.17, 15) is 0 Å². The van der Waals surface area contributed by atoms with E-state index >= 15 is 0 Å². The van der Waals surface area contributed by atoms with Crippen molar-refractivity contribution in [1.82, 2.24) is 9.78 Å². The third-order valence-electron chi connectivity index (χ3n) is 2.41. The normalized spacial score (nSPS) is 10.6. The zero-order valence-corrected chi connectivity index (χ0v) is 11.6. The fourth-order valence-corrected chi connectivity index (χ4v) is 2.94. The minimum Gasteiger partial charge on any atom is -0.384 e. The first kappa shape index (κ1) is 13.0. The van der Waals surface area contributed by atoms with Gasteiger partial charge in [0.15, 0.2) is 0 Å². The van der Waals surface area contributed by atoms with Gasteiger partial charge in [0.2, 0.25) is 0 Å². The van der Waals surface area contributed by atoms with Crippen molar-refractivity contribution in [3.05, 3.63) is 40.5 Å². The predicted molar refractivity (Wildman–Crippen MR) is 74.5 cm³/mol. The molecule has 1 aromatic carbocycles. The number of hydrogen-bond donors (Lipinski definition) is 2. The molecule has 3 N–H and O–H groups in total. The average molecular weight is 281 g/mol. The molecule has 2 rings (SSSR count). The molecular weight excluding hydrogens is 268 g/mol. The molecule has 6 heteroatoms. The maximum Gasteiger partial charge on any atom is 0.123 e. The smallest absolute Gasteiger partial charge is 0.123 e. The topological polar surface area (TPSA) is 67.7 Å². The van der Waals surface area contributed by atoms with Crippen molar-refractivity contribution in [2.24, 2.45) is 12.8 Å². The Bertz CT molecular complexity index is 606. The average Bonchev–Trinajstić information content (AvgIpc) is 2.57. The van der Waals surface area contributed by atoms with Crippen molar-refractivity contribution in [2.45, 2.75) is 16.8 Å². The van der Waals surface area contributed by atoms with Gasteiger partial charge < -0.3 is 5.73 Å². The molecule has 1 aromatic heterocycles. The Morgan fingerprint density at radius 2 is 2.17 bits per heavy atom. The van der Waals surface area contributed by atoms with E-state index in [1.165, 1.54) is 11.8 Å². The van der Waals surface area contributed by atoms with Crippen LogP contribution in [0.1, 0.15) is 11.3 Å². The Kier molecular flexibility index (Phi) is 3.63. The lowest BCUT2D eigenvalue weighted by Crippen LogP contribution is -2.12. The first-order valence-electron chi connectivity index (χ1n) is 5.30. The molecule has 0 saturated carbocycles. The van der Waals surface area contributed by atoms with Crippen molar-refractivity contribution in [3.63, 3.8) is 0 Å². The summed E-state index contributed by atoms with van der Waals surface area (Å²) in [5.74, 6) is 0.0352. The first-order chi connectivity index (χ1) is 8.47. The van der Waals surface area contributed by atoms with Gasteiger partial charge in [-0.3, -0.25) is 10.1 Å². The highest BCUT2D eigenvalue weighted by molar-refractivity contribution is 7.99. The second kappa shape index (κ2) is 5.04. The summed E-state index contributed by atoms with van der Waals surface area (Å²) < 4.78 is 1.80. The second-order valence-corrected chi connectivity index (χ2v) is 5.40. The number of hydrogen-bond acceptors (Lipinski definition) is 3. The Hall–Kier alpha value is -1.46. The molecule has 0 aliphatic carbocycles. The molecule has 0 fully saturated rings. The summed E-state index contributed by atoms with van der Waals surface area (Å²) in [4.78, 5) is 0.859. The molecule has 1 heterocycles. The van der Waals surface area contributed by atoms with Gasteiger partial charge in [-0.1, -0.05) is 23.4 Å². The summed E-state index contributed by atoms with van der Waals surface area (Å²) in [6.07, 6.45) is 0. The van der Waals surface area contributed by atoms with Gasteiger partial charge in [0, 0.05) is 22.5 Å². The molecule has 0 atom stereocenters. The zero-order chi connectivity index (χ0) is 13.3. The summed E-state index contributed by atoms with van der Waals surface area (Å²) in [7, 11) is 1.88. The summed E-state index contributed by atoms with van der Waals surface area (Å²) in [5.41, 5.74) is 7.20. The highest BCUT2D eigenvalue weighted by atomic mass is 35.5. The number of rotatable bonds is 3. The van der Waals surface area contributed by atoms with Gasteiger partial charge >= 0.3 is 0 Å². The summed E-state index contributed by atoms with van der Waals surface area (Å²) in [6, 6.07) is 7.29. The van der Waals surface area contributed by atoms with Gasteiger partial charge in [0.05, 0.1) is 10.7 Å². The van der Waals surface area contributed by atoms with Crippen LogP contribution in [0.15, 0.2) is 34.2 Å². The van der Waals surface area contributed by atoms with Gasteiger partial charge in [0.25, 0.3) is 0 Å². The van der Waals surface area contributed by atoms with Crippen molar-refractivity contribution in [3.8, 4) is 0 Å². The quantitative estimate of drug-likeness (QED) is 0.671. The highest BCUT2D eigenvalue weighted by Crippen LogP contribution is 2.32. The Balaban J connectivity index is 2.42. The van der Waals surface area contributed by atoms with Crippen molar-refractivity contribution < 1.29 is 0 Å². The molecule has 0 aliphatic rings. The molecule has 0 radical (unpaired) electrons. The van der Waals surface area contributed by atoms with Gasteiger partial charge in [0.1, 0.15) is 5.84 Å². The van der Waals surface area contributed by atoms with Crippen molar-refractivity contribution in [1.29, 1.82) is 5.41 Å². The minimum absolute atomic E-state index is 0.0352.